The number of ether oxygens (including phenoxy) is 1. The van der Waals surface area contributed by atoms with Gasteiger partial charge in [-0.25, -0.2) is 8.78 Å². The normalized spacial score (nSPS) is 10.4. The molecule has 2 nitrogen and oxygen atoms in total. The molecule has 0 N–H and O–H groups in total. The topological polar surface area (TPSA) is 26.3 Å². The molecule has 104 valence electrons. The van der Waals surface area contributed by atoms with E-state index in [2.05, 4.69) is 0 Å². The highest BCUT2D eigenvalue weighted by atomic mass is 35.5. The van der Waals surface area contributed by atoms with Crippen LogP contribution in [0, 0.1) is 11.6 Å². The molecule has 2 aromatic rings. The summed E-state index contributed by atoms with van der Waals surface area (Å²) in [5, 5.41) is 0.481. The minimum absolute atomic E-state index is 0.145. The highest BCUT2D eigenvalue weighted by Crippen LogP contribution is 2.32. The average molecular weight is 317 g/mol. The van der Waals surface area contributed by atoms with Crippen molar-refractivity contribution < 1.29 is 18.3 Å². The number of ketones is 1. The van der Waals surface area contributed by atoms with Crippen molar-refractivity contribution >= 4 is 29.0 Å². The molecule has 20 heavy (non-hydrogen) atoms. The molecule has 0 aliphatic carbocycles. The van der Waals surface area contributed by atoms with Crippen molar-refractivity contribution in [1.29, 1.82) is 0 Å². The third-order valence-corrected chi connectivity index (χ3v) is 3.09. The maximum Gasteiger partial charge on any atom is 0.203 e. The fraction of sp³-hybridized carbons (Fsp3) is 0.0714. The second kappa shape index (κ2) is 6.20. The van der Waals surface area contributed by atoms with E-state index >= 15 is 0 Å². The Morgan fingerprint density at radius 2 is 1.75 bits per heavy atom. The number of Topliss-reactive ketones (excluding diaryl/α,β-unsaturated/α-hetero) is 1. The van der Waals surface area contributed by atoms with Gasteiger partial charge in [-0.2, -0.15) is 0 Å². The van der Waals surface area contributed by atoms with Gasteiger partial charge in [0.05, 0.1) is 15.6 Å². The summed E-state index contributed by atoms with van der Waals surface area (Å²) in [5.74, 6) is -2.19. The zero-order valence-electron chi connectivity index (χ0n) is 10.00. The first-order chi connectivity index (χ1) is 9.49. The van der Waals surface area contributed by atoms with Crippen LogP contribution in [0.1, 0.15) is 10.4 Å². The van der Waals surface area contributed by atoms with Gasteiger partial charge >= 0.3 is 0 Å². The molecule has 0 atom stereocenters. The molecule has 0 saturated carbocycles. The van der Waals surface area contributed by atoms with Crippen LogP contribution in [-0.4, -0.2) is 12.4 Å². The number of rotatable bonds is 4. The first-order valence-electron chi connectivity index (χ1n) is 5.54. The Hall–Kier alpha value is -1.65. The lowest BCUT2D eigenvalue weighted by Crippen LogP contribution is -2.13. The molecule has 0 bridgehead atoms. The average Bonchev–Trinajstić information content (AvgIpc) is 2.37. The third kappa shape index (κ3) is 3.26. The summed E-state index contributed by atoms with van der Waals surface area (Å²) in [6.45, 7) is -0.452. The predicted octanol–water partition coefficient (Wildman–Crippen LogP) is 4.53. The van der Waals surface area contributed by atoms with E-state index in [-0.39, 0.29) is 21.4 Å². The lowest BCUT2D eigenvalue weighted by molar-refractivity contribution is 0.0917. The summed E-state index contributed by atoms with van der Waals surface area (Å²) in [4.78, 5) is 11.8. The molecule has 0 saturated heterocycles. The second-order valence-electron chi connectivity index (χ2n) is 3.89. The van der Waals surface area contributed by atoms with Crippen LogP contribution < -0.4 is 4.74 Å². The van der Waals surface area contributed by atoms with E-state index in [1.165, 1.54) is 0 Å². The molecule has 0 fully saturated rings. The SMILES string of the molecule is O=C(COc1c(Cl)cccc1Cl)c1ccc(F)cc1F. The van der Waals surface area contributed by atoms with Crippen LogP contribution >= 0.6 is 23.2 Å². The first kappa shape index (κ1) is 14.8. The third-order valence-electron chi connectivity index (χ3n) is 2.50. The van der Waals surface area contributed by atoms with E-state index in [1.54, 1.807) is 18.2 Å². The molecular formula is C14H8Cl2F2O2. The van der Waals surface area contributed by atoms with Crippen LogP contribution in [-0.2, 0) is 0 Å². The lowest BCUT2D eigenvalue weighted by Gasteiger charge is -2.09. The Morgan fingerprint density at radius 1 is 1.10 bits per heavy atom. The van der Waals surface area contributed by atoms with Gasteiger partial charge in [-0.15, -0.1) is 0 Å². The van der Waals surface area contributed by atoms with Gasteiger partial charge in [0.25, 0.3) is 0 Å². The molecule has 0 aliphatic rings. The van der Waals surface area contributed by atoms with E-state index < -0.39 is 24.0 Å². The summed E-state index contributed by atoms with van der Waals surface area (Å²) >= 11 is 11.7. The van der Waals surface area contributed by atoms with Crippen molar-refractivity contribution in [2.75, 3.05) is 6.61 Å². The standard InChI is InChI=1S/C14H8Cl2F2O2/c15-10-2-1-3-11(16)14(10)20-7-13(19)9-5-4-8(17)6-12(9)18/h1-6H,7H2. The number of hydrogen-bond acceptors (Lipinski definition) is 2. The lowest BCUT2D eigenvalue weighted by atomic mass is 10.1. The minimum Gasteiger partial charge on any atom is -0.482 e. The van der Waals surface area contributed by atoms with Crippen molar-refractivity contribution in [3.8, 4) is 5.75 Å². The minimum atomic E-state index is -0.941. The van der Waals surface area contributed by atoms with Crippen molar-refractivity contribution in [1.82, 2.24) is 0 Å². The fourth-order valence-corrected chi connectivity index (χ4v) is 2.06. The Kier molecular flexibility index (Phi) is 4.57. The summed E-state index contributed by atoms with van der Waals surface area (Å²) in [7, 11) is 0. The maximum atomic E-state index is 13.4. The number of carbonyl (C=O) groups excluding carboxylic acids is 1. The monoisotopic (exact) mass is 316 g/mol. The molecule has 6 heteroatoms. The molecule has 2 rings (SSSR count). The zero-order chi connectivity index (χ0) is 14.7. The first-order valence-corrected chi connectivity index (χ1v) is 6.29. The highest BCUT2D eigenvalue weighted by molar-refractivity contribution is 6.37. The number of halogens is 4. The summed E-state index contributed by atoms with van der Waals surface area (Å²) in [6, 6.07) is 7.41. The van der Waals surface area contributed by atoms with Gasteiger partial charge in [0.2, 0.25) is 5.78 Å². The molecule has 0 spiro atoms. The number of hydrogen-bond donors (Lipinski definition) is 0. The van der Waals surface area contributed by atoms with Crippen molar-refractivity contribution in [3.63, 3.8) is 0 Å². The van der Waals surface area contributed by atoms with Crippen LogP contribution in [0.2, 0.25) is 10.0 Å². The van der Waals surface area contributed by atoms with E-state index in [9.17, 15) is 13.6 Å². The van der Waals surface area contributed by atoms with Gasteiger partial charge < -0.3 is 4.74 Å². The Morgan fingerprint density at radius 3 is 2.35 bits per heavy atom. The van der Waals surface area contributed by atoms with Crippen LogP contribution in [0.5, 0.6) is 5.75 Å². The van der Waals surface area contributed by atoms with Crippen molar-refractivity contribution in [3.05, 3.63) is 63.6 Å². The molecule has 0 aromatic heterocycles. The molecule has 0 unspecified atom stereocenters. The molecule has 0 aliphatic heterocycles. The smallest absolute Gasteiger partial charge is 0.203 e. The zero-order valence-corrected chi connectivity index (χ0v) is 11.5. The predicted molar refractivity (Wildman–Crippen MR) is 72.6 cm³/mol. The molecule has 2 aromatic carbocycles. The molecular weight excluding hydrogens is 309 g/mol. The van der Waals surface area contributed by atoms with E-state index in [1.807, 2.05) is 0 Å². The van der Waals surface area contributed by atoms with Gasteiger partial charge in [0.1, 0.15) is 11.6 Å². The molecule has 0 amide bonds. The largest absolute Gasteiger partial charge is 0.482 e. The number of benzene rings is 2. The van der Waals surface area contributed by atoms with E-state index in [0.717, 1.165) is 12.1 Å². The van der Waals surface area contributed by atoms with Crippen LogP contribution in [0.3, 0.4) is 0 Å². The highest BCUT2D eigenvalue weighted by Gasteiger charge is 2.15. The summed E-state index contributed by atoms with van der Waals surface area (Å²) in [5.41, 5.74) is -0.255. The fourth-order valence-electron chi connectivity index (χ4n) is 1.55. The summed E-state index contributed by atoms with van der Waals surface area (Å²) in [6.07, 6.45) is 0. The van der Waals surface area contributed by atoms with Crippen LogP contribution in [0.4, 0.5) is 8.78 Å². The Bertz CT molecular complexity index is 639. The van der Waals surface area contributed by atoms with Gasteiger partial charge in [-0.05, 0) is 24.3 Å². The Balaban J connectivity index is 2.13. The van der Waals surface area contributed by atoms with Gasteiger partial charge in [0.15, 0.2) is 12.4 Å². The van der Waals surface area contributed by atoms with Crippen LogP contribution in [0.25, 0.3) is 0 Å². The van der Waals surface area contributed by atoms with Crippen LogP contribution in [0.15, 0.2) is 36.4 Å². The van der Waals surface area contributed by atoms with E-state index in [0.29, 0.717) is 6.07 Å². The van der Waals surface area contributed by atoms with E-state index in [4.69, 9.17) is 27.9 Å². The quantitative estimate of drug-likeness (QED) is 0.774. The number of carbonyl (C=O) groups is 1. The van der Waals surface area contributed by atoms with Crippen molar-refractivity contribution in [2.24, 2.45) is 0 Å². The molecule has 0 radical (unpaired) electrons. The van der Waals surface area contributed by atoms with Gasteiger partial charge in [-0.3, -0.25) is 4.79 Å². The second-order valence-corrected chi connectivity index (χ2v) is 4.70. The van der Waals surface area contributed by atoms with Gasteiger partial charge in [-0.1, -0.05) is 29.3 Å². The summed E-state index contributed by atoms with van der Waals surface area (Å²) < 4.78 is 31.4. The maximum absolute atomic E-state index is 13.4. The Labute approximate surface area is 123 Å². The van der Waals surface area contributed by atoms with Crippen molar-refractivity contribution in [2.45, 2.75) is 0 Å². The number of para-hydroxylation sites is 1. The molecule has 0 heterocycles. The van der Waals surface area contributed by atoms with Gasteiger partial charge in [0, 0.05) is 6.07 Å².